The number of hydrogen-bond donors (Lipinski definition) is 2. The molecule has 0 saturated heterocycles. The van der Waals surface area contributed by atoms with Crippen LogP contribution in [0.15, 0.2) is 40.8 Å². The Morgan fingerprint density at radius 3 is 2.54 bits per heavy atom. The summed E-state index contributed by atoms with van der Waals surface area (Å²) < 4.78 is 1.19. The van der Waals surface area contributed by atoms with Gasteiger partial charge in [-0.2, -0.15) is 0 Å². The summed E-state index contributed by atoms with van der Waals surface area (Å²) in [5, 5.41) is 15.6. The van der Waals surface area contributed by atoms with Crippen LogP contribution in [0.5, 0.6) is 0 Å². The molecule has 24 heavy (non-hydrogen) atoms. The van der Waals surface area contributed by atoms with Crippen molar-refractivity contribution >= 4 is 33.3 Å². The van der Waals surface area contributed by atoms with Crippen LogP contribution in [0, 0.1) is 11.8 Å². The monoisotopic (exact) mass is 343 g/mol. The highest BCUT2D eigenvalue weighted by molar-refractivity contribution is 7.17. The maximum absolute atomic E-state index is 12.6. The Hall–Kier alpha value is -2.14. The molecular formula is C19H21NO3S. The van der Waals surface area contributed by atoms with Gasteiger partial charge in [0, 0.05) is 11.2 Å². The molecule has 2 aromatic rings. The quantitative estimate of drug-likeness (QED) is 0.826. The molecule has 1 amide bonds. The molecule has 2 unspecified atom stereocenters. The number of carbonyl (C=O) groups excluding carboxylic acids is 1. The van der Waals surface area contributed by atoms with Gasteiger partial charge in [0.2, 0.25) is 5.91 Å². The van der Waals surface area contributed by atoms with Crippen LogP contribution in [0.4, 0.5) is 0 Å². The molecule has 2 atom stereocenters. The van der Waals surface area contributed by atoms with Crippen molar-refractivity contribution in [1.82, 2.24) is 5.32 Å². The van der Waals surface area contributed by atoms with Crippen LogP contribution in [0.2, 0.25) is 0 Å². The molecule has 1 heterocycles. The third-order valence-corrected chi connectivity index (χ3v) is 5.95. The molecule has 0 spiro atoms. The van der Waals surface area contributed by atoms with Crippen molar-refractivity contribution in [3.63, 3.8) is 0 Å². The van der Waals surface area contributed by atoms with Crippen molar-refractivity contribution in [3.8, 4) is 0 Å². The number of carbonyl (C=O) groups is 2. The van der Waals surface area contributed by atoms with Crippen LogP contribution >= 0.6 is 11.3 Å². The Bertz CT molecular complexity index is 821. The second-order valence-corrected chi connectivity index (χ2v) is 7.41. The second kappa shape index (κ2) is 6.77. The minimum Gasteiger partial charge on any atom is -0.481 e. The minimum absolute atomic E-state index is 0.162. The van der Waals surface area contributed by atoms with E-state index in [0.717, 1.165) is 22.1 Å². The summed E-state index contributed by atoms with van der Waals surface area (Å²) in [6.45, 7) is 4.38. The van der Waals surface area contributed by atoms with Gasteiger partial charge in [-0.15, -0.1) is 11.3 Å². The summed E-state index contributed by atoms with van der Waals surface area (Å²) in [4.78, 5) is 24.1. The first kappa shape index (κ1) is 16.7. The van der Waals surface area contributed by atoms with Crippen molar-refractivity contribution < 1.29 is 14.7 Å². The van der Waals surface area contributed by atoms with E-state index in [1.54, 1.807) is 11.3 Å². The fraction of sp³-hybridized carbons (Fsp3) is 0.368. The Morgan fingerprint density at radius 2 is 1.83 bits per heavy atom. The lowest BCUT2D eigenvalue weighted by Gasteiger charge is -2.29. The number of fused-ring (bicyclic) bond motifs is 1. The number of hydrogen-bond acceptors (Lipinski definition) is 3. The van der Waals surface area contributed by atoms with E-state index in [0.29, 0.717) is 19.4 Å². The predicted octanol–water partition coefficient (Wildman–Crippen LogP) is 3.96. The lowest BCUT2D eigenvalue weighted by atomic mass is 9.76. The molecule has 5 heteroatoms. The molecular weight excluding hydrogens is 322 g/mol. The van der Waals surface area contributed by atoms with Gasteiger partial charge in [0.1, 0.15) is 0 Å². The van der Waals surface area contributed by atoms with E-state index in [1.165, 1.54) is 4.70 Å². The number of carboxylic acids is 1. The summed E-state index contributed by atoms with van der Waals surface area (Å²) in [6.07, 6.45) is 0.986. The number of carboxylic acid groups (broad SMARTS) is 1. The van der Waals surface area contributed by atoms with Crippen molar-refractivity contribution in [3.05, 3.63) is 46.4 Å². The number of nitrogens with one attached hydrogen (secondary N) is 1. The fourth-order valence-electron chi connectivity index (χ4n) is 3.31. The summed E-state index contributed by atoms with van der Waals surface area (Å²) in [6, 6.07) is 8.09. The number of rotatable bonds is 4. The van der Waals surface area contributed by atoms with Gasteiger partial charge < -0.3 is 10.4 Å². The smallest absolute Gasteiger partial charge is 0.307 e. The van der Waals surface area contributed by atoms with Crippen molar-refractivity contribution in [1.29, 1.82) is 0 Å². The average molecular weight is 343 g/mol. The molecule has 2 N–H and O–H groups in total. The first-order valence-electron chi connectivity index (χ1n) is 8.08. The lowest BCUT2D eigenvalue weighted by Crippen LogP contribution is -2.39. The summed E-state index contributed by atoms with van der Waals surface area (Å²) in [5.74, 6) is -2.17. The van der Waals surface area contributed by atoms with Gasteiger partial charge in [0.05, 0.1) is 11.8 Å². The maximum atomic E-state index is 12.6. The van der Waals surface area contributed by atoms with Gasteiger partial charge in [0.15, 0.2) is 0 Å². The number of aliphatic carboxylic acids is 1. The van der Waals surface area contributed by atoms with Crippen molar-refractivity contribution in [2.45, 2.75) is 33.2 Å². The summed E-state index contributed by atoms with van der Waals surface area (Å²) in [5.41, 5.74) is 3.30. The third kappa shape index (κ3) is 3.22. The van der Waals surface area contributed by atoms with Gasteiger partial charge >= 0.3 is 5.97 Å². The normalized spacial score (nSPS) is 21.1. The number of benzene rings is 1. The zero-order valence-electron chi connectivity index (χ0n) is 13.8. The van der Waals surface area contributed by atoms with E-state index < -0.39 is 17.8 Å². The van der Waals surface area contributed by atoms with Gasteiger partial charge in [-0.25, -0.2) is 0 Å². The standard InChI is InChI=1S/C19H21NO3S/c1-11-7-15(16(19(22)23)8-12(11)2)18(21)20-9-13-10-24-17-6-4-3-5-14(13)17/h3-6,10,15-16H,7-9H2,1-2H3,(H,20,21)(H,22,23). The lowest BCUT2D eigenvalue weighted by molar-refractivity contribution is -0.147. The largest absolute Gasteiger partial charge is 0.481 e. The molecule has 4 nitrogen and oxygen atoms in total. The molecule has 0 radical (unpaired) electrons. The number of amides is 1. The molecule has 1 aromatic carbocycles. The van der Waals surface area contributed by atoms with E-state index in [4.69, 9.17) is 0 Å². The average Bonchev–Trinajstić information content (AvgIpc) is 2.97. The fourth-order valence-corrected chi connectivity index (χ4v) is 4.27. The van der Waals surface area contributed by atoms with Gasteiger partial charge in [0.25, 0.3) is 0 Å². The van der Waals surface area contributed by atoms with E-state index in [2.05, 4.69) is 16.8 Å². The third-order valence-electron chi connectivity index (χ3n) is 4.93. The maximum Gasteiger partial charge on any atom is 0.307 e. The van der Waals surface area contributed by atoms with E-state index in [9.17, 15) is 14.7 Å². The minimum atomic E-state index is -0.886. The molecule has 0 aliphatic heterocycles. The Morgan fingerprint density at radius 1 is 1.17 bits per heavy atom. The van der Waals surface area contributed by atoms with Crippen molar-refractivity contribution in [2.75, 3.05) is 0 Å². The van der Waals surface area contributed by atoms with Crippen LogP contribution in [0.1, 0.15) is 32.3 Å². The van der Waals surface area contributed by atoms with Crippen LogP contribution in [-0.4, -0.2) is 17.0 Å². The molecule has 0 saturated carbocycles. The molecule has 126 valence electrons. The summed E-state index contributed by atoms with van der Waals surface area (Å²) in [7, 11) is 0. The summed E-state index contributed by atoms with van der Waals surface area (Å²) >= 11 is 1.65. The van der Waals surface area contributed by atoms with Crippen LogP contribution in [-0.2, 0) is 16.1 Å². The zero-order chi connectivity index (χ0) is 17.3. The number of thiophene rings is 1. The molecule has 1 aliphatic carbocycles. The molecule has 3 rings (SSSR count). The SMILES string of the molecule is CC1=C(C)CC(C(=O)NCc2csc3ccccc23)C(C(=O)O)C1. The molecule has 1 aromatic heterocycles. The van der Waals surface area contributed by atoms with E-state index in [1.807, 2.05) is 32.0 Å². The van der Waals surface area contributed by atoms with Crippen LogP contribution < -0.4 is 5.32 Å². The van der Waals surface area contributed by atoms with Crippen LogP contribution in [0.25, 0.3) is 10.1 Å². The molecule has 1 aliphatic rings. The van der Waals surface area contributed by atoms with E-state index >= 15 is 0 Å². The molecule has 0 bridgehead atoms. The highest BCUT2D eigenvalue weighted by Crippen LogP contribution is 2.34. The zero-order valence-corrected chi connectivity index (χ0v) is 14.7. The van der Waals surface area contributed by atoms with Crippen molar-refractivity contribution in [2.24, 2.45) is 11.8 Å². The van der Waals surface area contributed by atoms with Gasteiger partial charge in [-0.05, 0) is 49.1 Å². The predicted molar refractivity (Wildman–Crippen MR) is 95.9 cm³/mol. The highest BCUT2D eigenvalue weighted by Gasteiger charge is 2.37. The highest BCUT2D eigenvalue weighted by atomic mass is 32.1. The topological polar surface area (TPSA) is 66.4 Å². The number of allylic oxidation sites excluding steroid dienone is 2. The Kier molecular flexibility index (Phi) is 4.71. The first-order valence-corrected chi connectivity index (χ1v) is 8.96. The van der Waals surface area contributed by atoms with Crippen LogP contribution in [0.3, 0.4) is 0 Å². The van der Waals surface area contributed by atoms with Gasteiger partial charge in [-0.3, -0.25) is 9.59 Å². The Labute approximate surface area is 145 Å². The second-order valence-electron chi connectivity index (χ2n) is 6.50. The first-order chi connectivity index (χ1) is 11.5. The Balaban J connectivity index is 1.73. The molecule has 0 fully saturated rings. The van der Waals surface area contributed by atoms with E-state index in [-0.39, 0.29) is 5.91 Å². The van der Waals surface area contributed by atoms with Gasteiger partial charge in [-0.1, -0.05) is 29.3 Å².